The summed E-state index contributed by atoms with van der Waals surface area (Å²) in [5.74, 6) is 0. The van der Waals surface area contributed by atoms with Gasteiger partial charge >= 0.3 is 0 Å². The van der Waals surface area contributed by atoms with Crippen molar-refractivity contribution in [3.63, 3.8) is 0 Å². The molecule has 0 aliphatic heterocycles. The molecule has 0 aromatic heterocycles. The first-order valence-corrected chi connectivity index (χ1v) is 9.94. The van der Waals surface area contributed by atoms with Gasteiger partial charge in [0.1, 0.15) is 0 Å². The summed E-state index contributed by atoms with van der Waals surface area (Å²) >= 11 is 6.99. The summed E-state index contributed by atoms with van der Waals surface area (Å²) in [5, 5.41) is 0. The van der Waals surface area contributed by atoms with Gasteiger partial charge < -0.3 is 28.4 Å². The lowest BCUT2D eigenvalue weighted by Crippen LogP contribution is -2.11. The summed E-state index contributed by atoms with van der Waals surface area (Å²) in [6.07, 6.45) is 0.227. The van der Waals surface area contributed by atoms with Gasteiger partial charge in [-0.25, -0.2) is 0 Å². The Kier molecular flexibility index (Phi) is 22.3. The third-order valence-electron chi connectivity index (χ3n) is 3.11. The maximum atomic E-state index is 5.08. The quantitative estimate of drug-likeness (QED) is 0.427. The van der Waals surface area contributed by atoms with E-state index >= 15 is 0 Å². The number of halogens is 2. The van der Waals surface area contributed by atoms with Crippen molar-refractivity contribution >= 4 is 31.9 Å². The van der Waals surface area contributed by atoms with E-state index in [1.165, 1.54) is 0 Å². The van der Waals surface area contributed by atoms with Gasteiger partial charge in [0.2, 0.25) is 0 Å². The number of methoxy groups -OCH3 is 6. The number of benzene rings is 1. The number of hydrogen-bond donors (Lipinski definition) is 0. The topological polar surface area (TPSA) is 55.4 Å². The third-order valence-corrected chi connectivity index (χ3v) is 4.59. The molecule has 1 aromatic carbocycles. The smallest absolute Gasteiger partial charge is 0.0776 e. The highest BCUT2D eigenvalue weighted by Gasteiger charge is 2.06. The van der Waals surface area contributed by atoms with Crippen LogP contribution in [0.5, 0.6) is 0 Å². The second-order valence-electron chi connectivity index (χ2n) is 5.39. The fourth-order valence-corrected chi connectivity index (χ4v) is 2.64. The van der Waals surface area contributed by atoms with Gasteiger partial charge in [-0.3, -0.25) is 0 Å². The highest BCUT2D eigenvalue weighted by Crippen LogP contribution is 2.27. The molecule has 0 saturated carbocycles. The van der Waals surface area contributed by atoms with Gasteiger partial charge in [0.05, 0.1) is 39.1 Å². The van der Waals surface area contributed by atoms with Crippen molar-refractivity contribution in [2.45, 2.75) is 26.2 Å². The molecular formula is C19H34Br2O6. The average Bonchev–Trinajstić information content (AvgIpc) is 2.65. The van der Waals surface area contributed by atoms with Crippen LogP contribution in [0.15, 0.2) is 21.1 Å². The number of rotatable bonds is 10. The van der Waals surface area contributed by atoms with Gasteiger partial charge in [-0.05, 0) is 30.2 Å². The van der Waals surface area contributed by atoms with E-state index in [0.717, 1.165) is 20.1 Å². The fraction of sp³-hybridized carbons (Fsp3) is 0.684. The fourth-order valence-electron chi connectivity index (χ4n) is 1.63. The van der Waals surface area contributed by atoms with Gasteiger partial charge in [0.15, 0.2) is 0 Å². The molecule has 1 rings (SSSR count). The van der Waals surface area contributed by atoms with E-state index in [4.69, 9.17) is 18.9 Å². The predicted octanol–water partition coefficient (Wildman–Crippen LogP) is 4.45. The monoisotopic (exact) mass is 516 g/mol. The van der Waals surface area contributed by atoms with Crippen LogP contribution in [0, 0.1) is 0 Å². The Morgan fingerprint density at radius 1 is 0.704 bits per heavy atom. The first kappa shape index (κ1) is 29.1. The molecule has 0 aliphatic rings. The number of ether oxygens (including phenoxy) is 6. The SMILES string of the molecule is COCC(C)OC.COCCOC.COCc1cc(Br)c(COC)cc1Br. The standard InChI is InChI=1S/C10H12Br2O2.C5H12O2.C4H10O2/c1-13-5-7-3-10(12)8(6-14-2)4-9(7)11;1-5(7-3)4-6-2;1-5-3-4-6-2/h3-4H,5-6H2,1-2H3;5H,4H2,1-3H3;3-4H2,1-2H3. The molecule has 0 radical (unpaired) electrons. The van der Waals surface area contributed by atoms with Crippen LogP contribution in [0.3, 0.4) is 0 Å². The van der Waals surface area contributed by atoms with Gasteiger partial charge in [-0.1, -0.05) is 31.9 Å². The molecule has 1 unspecified atom stereocenters. The van der Waals surface area contributed by atoms with E-state index < -0.39 is 0 Å². The van der Waals surface area contributed by atoms with E-state index in [1.807, 2.05) is 19.1 Å². The van der Waals surface area contributed by atoms with Crippen molar-refractivity contribution in [2.24, 2.45) is 0 Å². The largest absolute Gasteiger partial charge is 0.382 e. The lowest BCUT2D eigenvalue weighted by molar-refractivity contribution is 0.0401. The summed E-state index contributed by atoms with van der Waals surface area (Å²) in [6.45, 7) is 5.23. The first-order valence-electron chi connectivity index (χ1n) is 8.35. The van der Waals surface area contributed by atoms with Crippen molar-refractivity contribution in [1.29, 1.82) is 0 Å². The molecule has 0 spiro atoms. The summed E-state index contributed by atoms with van der Waals surface area (Å²) < 4.78 is 31.2. The summed E-state index contributed by atoms with van der Waals surface area (Å²) in [4.78, 5) is 0. The van der Waals surface area contributed by atoms with E-state index in [9.17, 15) is 0 Å². The molecule has 6 nitrogen and oxygen atoms in total. The van der Waals surface area contributed by atoms with Gasteiger partial charge in [0, 0.05) is 51.6 Å². The van der Waals surface area contributed by atoms with Crippen LogP contribution in [0.1, 0.15) is 18.1 Å². The summed E-state index contributed by atoms with van der Waals surface area (Å²) in [5.41, 5.74) is 2.25. The zero-order valence-electron chi connectivity index (χ0n) is 17.5. The first-order chi connectivity index (χ1) is 12.9. The molecule has 0 amide bonds. The molecule has 27 heavy (non-hydrogen) atoms. The Hall–Kier alpha value is -0.0600. The Morgan fingerprint density at radius 3 is 1.33 bits per heavy atom. The zero-order chi connectivity index (χ0) is 21.1. The minimum atomic E-state index is 0.227. The molecule has 1 aromatic rings. The highest BCUT2D eigenvalue weighted by molar-refractivity contribution is 9.11. The van der Waals surface area contributed by atoms with Crippen LogP contribution in [-0.4, -0.2) is 68.6 Å². The molecule has 0 saturated heterocycles. The Bertz CT molecular complexity index is 424. The molecule has 0 N–H and O–H groups in total. The van der Waals surface area contributed by atoms with Crippen LogP contribution in [-0.2, 0) is 41.6 Å². The van der Waals surface area contributed by atoms with Gasteiger partial charge in [-0.15, -0.1) is 0 Å². The third kappa shape index (κ3) is 16.6. The van der Waals surface area contributed by atoms with E-state index in [1.54, 1.807) is 42.7 Å². The maximum Gasteiger partial charge on any atom is 0.0776 e. The lowest BCUT2D eigenvalue weighted by Gasteiger charge is -2.08. The van der Waals surface area contributed by atoms with Gasteiger partial charge in [0.25, 0.3) is 0 Å². The van der Waals surface area contributed by atoms with E-state index in [-0.39, 0.29) is 6.10 Å². The Labute approximate surface area is 181 Å². The highest BCUT2D eigenvalue weighted by atomic mass is 79.9. The maximum absolute atomic E-state index is 5.08. The Morgan fingerprint density at radius 2 is 1.11 bits per heavy atom. The van der Waals surface area contributed by atoms with Crippen LogP contribution in [0.25, 0.3) is 0 Å². The van der Waals surface area contributed by atoms with Crippen molar-refractivity contribution in [1.82, 2.24) is 0 Å². The van der Waals surface area contributed by atoms with Crippen LogP contribution >= 0.6 is 31.9 Å². The molecule has 8 heteroatoms. The molecule has 0 fully saturated rings. The molecule has 160 valence electrons. The molecule has 0 bridgehead atoms. The van der Waals surface area contributed by atoms with Crippen LogP contribution in [0.4, 0.5) is 0 Å². The van der Waals surface area contributed by atoms with Gasteiger partial charge in [-0.2, -0.15) is 0 Å². The summed E-state index contributed by atoms with van der Waals surface area (Å²) in [6, 6.07) is 4.09. The van der Waals surface area contributed by atoms with Crippen LogP contribution in [0.2, 0.25) is 0 Å². The molecular weight excluding hydrogens is 484 g/mol. The predicted molar refractivity (Wildman–Crippen MR) is 115 cm³/mol. The van der Waals surface area contributed by atoms with Crippen molar-refractivity contribution in [2.75, 3.05) is 62.5 Å². The second-order valence-corrected chi connectivity index (χ2v) is 7.10. The molecule has 0 heterocycles. The normalized spacial score (nSPS) is 11.1. The van der Waals surface area contributed by atoms with E-state index in [0.29, 0.717) is 33.0 Å². The second kappa shape index (κ2) is 20.7. The molecule has 0 aliphatic carbocycles. The lowest BCUT2D eigenvalue weighted by atomic mass is 10.1. The van der Waals surface area contributed by atoms with E-state index in [2.05, 4.69) is 41.3 Å². The Balaban J connectivity index is 0. The number of hydrogen-bond acceptors (Lipinski definition) is 6. The zero-order valence-corrected chi connectivity index (χ0v) is 20.6. The van der Waals surface area contributed by atoms with Crippen molar-refractivity contribution in [3.05, 3.63) is 32.2 Å². The minimum Gasteiger partial charge on any atom is -0.382 e. The average molecular weight is 518 g/mol. The van der Waals surface area contributed by atoms with Crippen LogP contribution < -0.4 is 0 Å². The van der Waals surface area contributed by atoms with Crippen molar-refractivity contribution in [3.8, 4) is 0 Å². The van der Waals surface area contributed by atoms with Crippen molar-refractivity contribution < 1.29 is 28.4 Å². The minimum absolute atomic E-state index is 0.227. The molecule has 1 atom stereocenters. The summed E-state index contributed by atoms with van der Waals surface area (Å²) in [7, 11) is 10.0.